The van der Waals surface area contributed by atoms with E-state index in [0.29, 0.717) is 16.9 Å². The lowest BCUT2D eigenvalue weighted by Crippen LogP contribution is -2.40. The van der Waals surface area contributed by atoms with Crippen molar-refractivity contribution in [1.29, 1.82) is 0 Å². The van der Waals surface area contributed by atoms with Crippen molar-refractivity contribution in [3.8, 4) is 11.1 Å². The van der Waals surface area contributed by atoms with Crippen LogP contribution < -0.4 is 9.62 Å². The second-order valence-corrected chi connectivity index (χ2v) is 8.22. The molecule has 0 aromatic heterocycles. The lowest BCUT2D eigenvalue weighted by Gasteiger charge is -2.31. The molecule has 27 heavy (non-hydrogen) atoms. The predicted molar refractivity (Wildman–Crippen MR) is 106 cm³/mol. The van der Waals surface area contributed by atoms with Crippen LogP contribution in [0.4, 0.5) is 11.4 Å². The number of anilines is 2. The van der Waals surface area contributed by atoms with Crippen LogP contribution in [-0.2, 0) is 14.8 Å². The minimum Gasteiger partial charge on any atom is -0.324 e. The van der Waals surface area contributed by atoms with Crippen molar-refractivity contribution in [3.63, 3.8) is 0 Å². The number of benzene rings is 3. The highest BCUT2D eigenvalue weighted by Gasteiger charge is 2.35. The Bertz CT molecular complexity index is 1140. The zero-order valence-corrected chi connectivity index (χ0v) is 15.5. The molecule has 136 valence electrons. The highest BCUT2D eigenvalue weighted by Crippen LogP contribution is 2.42. The van der Waals surface area contributed by atoms with Gasteiger partial charge in [0.05, 0.1) is 10.6 Å². The molecule has 0 saturated heterocycles. The molecule has 1 amide bonds. The summed E-state index contributed by atoms with van der Waals surface area (Å²) in [6, 6.07) is 21.5. The largest absolute Gasteiger partial charge is 0.324 e. The van der Waals surface area contributed by atoms with Gasteiger partial charge in [0.25, 0.3) is 10.0 Å². The number of carbonyl (C=O) groups is 1. The van der Waals surface area contributed by atoms with E-state index in [1.54, 1.807) is 36.4 Å². The zero-order valence-electron chi connectivity index (χ0n) is 14.7. The molecule has 0 saturated carbocycles. The van der Waals surface area contributed by atoms with Crippen molar-refractivity contribution in [2.75, 3.05) is 16.2 Å². The standard InChI is InChI=1S/C21H18N2O3S/c1-15-8-2-5-11-18(15)22-21(24)14-23-19-12-6-3-9-16(19)17-10-4-7-13-20(17)27(23,25)26/h2-13H,14H2,1H3,(H,22,24). The van der Waals surface area contributed by atoms with Crippen molar-refractivity contribution in [3.05, 3.63) is 78.4 Å². The quantitative estimate of drug-likeness (QED) is 0.754. The van der Waals surface area contributed by atoms with Gasteiger partial charge in [0.2, 0.25) is 5.91 Å². The van der Waals surface area contributed by atoms with Gasteiger partial charge >= 0.3 is 0 Å². The lowest BCUT2D eigenvalue weighted by molar-refractivity contribution is -0.114. The Kier molecular flexibility index (Phi) is 4.20. The van der Waals surface area contributed by atoms with Gasteiger partial charge in [-0.2, -0.15) is 0 Å². The van der Waals surface area contributed by atoms with Gasteiger partial charge < -0.3 is 5.32 Å². The SMILES string of the molecule is Cc1ccccc1NC(=O)CN1c2ccccc2-c2ccccc2S1(=O)=O. The van der Waals surface area contributed by atoms with E-state index in [1.165, 1.54) is 4.31 Å². The smallest absolute Gasteiger partial charge is 0.265 e. The van der Waals surface area contributed by atoms with Crippen LogP contribution in [0.25, 0.3) is 11.1 Å². The molecule has 0 fully saturated rings. The van der Waals surface area contributed by atoms with E-state index in [9.17, 15) is 13.2 Å². The molecule has 0 bridgehead atoms. The number of rotatable bonds is 3. The maximum Gasteiger partial charge on any atom is 0.265 e. The van der Waals surface area contributed by atoms with Crippen molar-refractivity contribution in [2.45, 2.75) is 11.8 Å². The Morgan fingerprint density at radius 2 is 1.52 bits per heavy atom. The molecule has 0 aliphatic carbocycles. The summed E-state index contributed by atoms with van der Waals surface area (Å²) in [6.07, 6.45) is 0. The van der Waals surface area contributed by atoms with E-state index in [2.05, 4.69) is 5.32 Å². The molecule has 1 aliphatic heterocycles. The van der Waals surface area contributed by atoms with Gasteiger partial charge in [-0.25, -0.2) is 8.42 Å². The Balaban J connectivity index is 1.73. The molecule has 5 nitrogen and oxygen atoms in total. The monoisotopic (exact) mass is 378 g/mol. The predicted octanol–water partition coefficient (Wildman–Crippen LogP) is 3.81. The number of fused-ring (bicyclic) bond motifs is 3. The molecule has 3 aromatic carbocycles. The summed E-state index contributed by atoms with van der Waals surface area (Å²) >= 11 is 0. The normalized spacial score (nSPS) is 14.2. The molecule has 1 N–H and O–H groups in total. The first-order chi connectivity index (χ1) is 13.0. The number of carbonyl (C=O) groups excluding carboxylic acids is 1. The number of hydrogen-bond donors (Lipinski definition) is 1. The van der Waals surface area contributed by atoms with Crippen LogP contribution in [0.15, 0.2) is 77.7 Å². The molecule has 1 heterocycles. The first-order valence-corrected chi connectivity index (χ1v) is 9.99. The van der Waals surface area contributed by atoms with Gasteiger partial charge in [-0.15, -0.1) is 0 Å². The lowest BCUT2D eigenvalue weighted by atomic mass is 10.0. The number of para-hydroxylation sites is 2. The molecule has 1 aliphatic rings. The summed E-state index contributed by atoms with van der Waals surface area (Å²) in [6.45, 7) is 1.60. The van der Waals surface area contributed by atoms with E-state index < -0.39 is 10.0 Å². The Morgan fingerprint density at radius 3 is 2.30 bits per heavy atom. The number of amides is 1. The van der Waals surface area contributed by atoms with E-state index in [0.717, 1.165) is 11.1 Å². The van der Waals surface area contributed by atoms with Crippen LogP contribution in [-0.4, -0.2) is 20.9 Å². The van der Waals surface area contributed by atoms with Gasteiger partial charge in [-0.1, -0.05) is 54.6 Å². The van der Waals surface area contributed by atoms with Gasteiger partial charge in [-0.3, -0.25) is 9.10 Å². The van der Waals surface area contributed by atoms with Crippen LogP contribution in [0.1, 0.15) is 5.56 Å². The van der Waals surface area contributed by atoms with Crippen LogP contribution in [0, 0.1) is 6.92 Å². The van der Waals surface area contributed by atoms with E-state index in [1.807, 2.05) is 43.3 Å². The minimum absolute atomic E-state index is 0.215. The summed E-state index contributed by atoms with van der Waals surface area (Å²) in [5.41, 5.74) is 3.55. The summed E-state index contributed by atoms with van der Waals surface area (Å²) in [5, 5.41) is 2.81. The molecule has 0 unspecified atom stereocenters. The van der Waals surface area contributed by atoms with Gasteiger partial charge in [0.15, 0.2) is 0 Å². The highest BCUT2D eigenvalue weighted by atomic mass is 32.2. The molecule has 0 radical (unpaired) electrons. The fourth-order valence-corrected chi connectivity index (χ4v) is 4.93. The third kappa shape index (κ3) is 2.98. The number of hydrogen-bond acceptors (Lipinski definition) is 3. The van der Waals surface area contributed by atoms with E-state index >= 15 is 0 Å². The van der Waals surface area contributed by atoms with Crippen molar-refractivity contribution >= 4 is 27.3 Å². The maximum absolute atomic E-state index is 13.2. The van der Waals surface area contributed by atoms with Crippen molar-refractivity contribution in [2.24, 2.45) is 0 Å². The Morgan fingerprint density at radius 1 is 0.889 bits per heavy atom. The Hall–Kier alpha value is -3.12. The fraction of sp³-hybridized carbons (Fsp3) is 0.0952. The number of nitrogens with zero attached hydrogens (tertiary/aromatic N) is 1. The molecule has 4 rings (SSSR count). The second-order valence-electron chi connectivity index (χ2n) is 6.39. The third-order valence-electron chi connectivity index (χ3n) is 4.62. The molecular formula is C21H18N2O3S. The third-order valence-corrected chi connectivity index (χ3v) is 6.44. The molecule has 0 spiro atoms. The number of sulfonamides is 1. The van der Waals surface area contributed by atoms with Gasteiger partial charge in [0, 0.05) is 16.8 Å². The minimum atomic E-state index is -3.82. The molecule has 0 atom stereocenters. The summed E-state index contributed by atoms with van der Waals surface area (Å²) < 4.78 is 27.5. The first kappa shape index (κ1) is 17.3. The van der Waals surface area contributed by atoms with Crippen molar-refractivity contribution in [1.82, 2.24) is 0 Å². The second kappa shape index (κ2) is 6.55. The molecule has 6 heteroatoms. The summed E-state index contributed by atoms with van der Waals surface area (Å²) in [7, 11) is -3.82. The molecular weight excluding hydrogens is 360 g/mol. The maximum atomic E-state index is 13.2. The Labute approximate surface area is 158 Å². The first-order valence-electron chi connectivity index (χ1n) is 8.55. The van der Waals surface area contributed by atoms with Crippen LogP contribution in [0.5, 0.6) is 0 Å². The van der Waals surface area contributed by atoms with E-state index in [4.69, 9.17) is 0 Å². The summed E-state index contributed by atoms with van der Waals surface area (Å²) in [4.78, 5) is 12.8. The van der Waals surface area contributed by atoms with Gasteiger partial charge in [-0.05, 0) is 30.7 Å². The van der Waals surface area contributed by atoms with Crippen LogP contribution >= 0.6 is 0 Å². The zero-order chi connectivity index (χ0) is 19.0. The highest BCUT2D eigenvalue weighted by molar-refractivity contribution is 7.93. The fourth-order valence-electron chi connectivity index (χ4n) is 3.28. The van der Waals surface area contributed by atoms with Crippen LogP contribution in [0.2, 0.25) is 0 Å². The molecule has 3 aromatic rings. The van der Waals surface area contributed by atoms with Crippen molar-refractivity contribution < 1.29 is 13.2 Å². The number of nitrogens with one attached hydrogen (secondary N) is 1. The topological polar surface area (TPSA) is 66.5 Å². The average Bonchev–Trinajstić information content (AvgIpc) is 2.67. The van der Waals surface area contributed by atoms with Gasteiger partial charge in [0.1, 0.15) is 6.54 Å². The van der Waals surface area contributed by atoms with Crippen LogP contribution in [0.3, 0.4) is 0 Å². The number of aryl methyl sites for hydroxylation is 1. The average molecular weight is 378 g/mol. The summed E-state index contributed by atoms with van der Waals surface area (Å²) in [5.74, 6) is -0.387. The van der Waals surface area contributed by atoms with E-state index in [-0.39, 0.29) is 17.3 Å².